The monoisotopic (exact) mass is 1130 g/mol. The van der Waals surface area contributed by atoms with Crippen molar-refractivity contribution in [2.45, 2.75) is 328 Å². The molecule has 3 N–H and O–H groups in total. The second kappa shape index (κ2) is 60.5. The number of likely N-dealkylation sites (N-methyl/N-ethyl adjacent to an activating group) is 1. The van der Waals surface area contributed by atoms with Crippen molar-refractivity contribution >= 4 is 13.7 Å². The van der Waals surface area contributed by atoms with Gasteiger partial charge in [-0.1, -0.05) is 318 Å². The number of rotatable bonds is 62. The van der Waals surface area contributed by atoms with Crippen LogP contribution in [0.4, 0.5) is 0 Å². The minimum atomic E-state index is -4.33. The summed E-state index contributed by atoms with van der Waals surface area (Å²) in [6, 6.07) is -0.769. The molecule has 8 nitrogen and oxygen atoms in total. The van der Waals surface area contributed by atoms with Gasteiger partial charge in [-0.15, -0.1) is 0 Å². The van der Waals surface area contributed by atoms with Crippen LogP contribution in [0.2, 0.25) is 0 Å². The first-order valence-corrected chi connectivity index (χ1v) is 35.3. The lowest BCUT2D eigenvalue weighted by molar-refractivity contribution is -0.870. The van der Waals surface area contributed by atoms with E-state index < -0.39 is 20.0 Å². The number of quaternary nitrogens is 1. The predicted molar refractivity (Wildman–Crippen MR) is 346 cm³/mol. The van der Waals surface area contributed by atoms with E-state index in [0.717, 1.165) is 77.0 Å². The summed E-state index contributed by atoms with van der Waals surface area (Å²) in [7, 11) is 1.62. The van der Waals surface area contributed by atoms with Crippen molar-refractivity contribution in [1.82, 2.24) is 5.32 Å². The van der Waals surface area contributed by atoms with E-state index in [1.165, 1.54) is 212 Å². The van der Waals surface area contributed by atoms with Gasteiger partial charge in [-0.3, -0.25) is 13.8 Å². The van der Waals surface area contributed by atoms with E-state index in [1.807, 2.05) is 21.1 Å². The Bertz CT molecular complexity index is 1520. The number of amides is 1. The maximum Gasteiger partial charge on any atom is 0.472 e. The average molecular weight is 1130 g/mol. The third-order valence-corrected chi connectivity index (χ3v) is 16.2. The average Bonchev–Trinajstić information content (AvgIpc) is 3.42. The van der Waals surface area contributed by atoms with E-state index in [2.05, 4.69) is 92.1 Å². The normalized spacial score (nSPS) is 14.2. The number of nitrogens with zero attached hydrogens (tertiary/aromatic N) is 1. The molecule has 462 valence electrons. The maximum absolute atomic E-state index is 13.1. The molecule has 0 aliphatic rings. The smallest absolute Gasteiger partial charge is 0.391 e. The van der Waals surface area contributed by atoms with Crippen LogP contribution in [0.5, 0.6) is 0 Å². The number of aliphatic hydroxyl groups excluding tert-OH is 1. The first kappa shape index (κ1) is 76.9. The van der Waals surface area contributed by atoms with Crippen LogP contribution in [0, 0.1) is 0 Å². The Morgan fingerprint density at radius 2 is 0.759 bits per heavy atom. The number of aliphatic hydroxyl groups is 1. The van der Waals surface area contributed by atoms with Crippen LogP contribution in [0.3, 0.4) is 0 Å². The topological polar surface area (TPSA) is 105 Å². The molecule has 0 fully saturated rings. The first-order valence-electron chi connectivity index (χ1n) is 33.8. The van der Waals surface area contributed by atoms with Crippen LogP contribution < -0.4 is 5.32 Å². The molecule has 79 heavy (non-hydrogen) atoms. The molecule has 0 saturated heterocycles. The van der Waals surface area contributed by atoms with Crippen molar-refractivity contribution in [3.05, 3.63) is 72.9 Å². The van der Waals surface area contributed by atoms with Crippen molar-refractivity contribution in [1.29, 1.82) is 0 Å². The van der Waals surface area contributed by atoms with Crippen molar-refractivity contribution in [3.8, 4) is 0 Å². The fourth-order valence-electron chi connectivity index (χ4n) is 10.00. The second-order valence-corrected chi connectivity index (χ2v) is 25.6. The van der Waals surface area contributed by atoms with Gasteiger partial charge in [0.1, 0.15) is 13.2 Å². The number of hydrogen-bond acceptors (Lipinski definition) is 5. The van der Waals surface area contributed by atoms with E-state index in [4.69, 9.17) is 9.05 Å². The Morgan fingerprint density at radius 1 is 0.443 bits per heavy atom. The number of carbonyl (C=O) groups excluding carboxylic acids is 1. The number of phosphoric ester groups is 1. The number of phosphoric acid groups is 1. The molecule has 0 heterocycles. The number of unbranched alkanes of at least 4 members (excludes halogenated alkanes) is 37. The second-order valence-electron chi connectivity index (χ2n) is 24.2. The molecule has 0 aromatic rings. The van der Waals surface area contributed by atoms with Gasteiger partial charge in [0.05, 0.1) is 39.9 Å². The van der Waals surface area contributed by atoms with E-state index in [1.54, 1.807) is 0 Å². The molecule has 0 aromatic carbocycles. The quantitative estimate of drug-likeness (QED) is 0.0243. The number of carbonyl (C=O) groups is 1. The van der Waals surface area contributed by atoms with Crippen molar-refractivity contribution < 1.29 is 32.9 Å². The Kier molecular flexibility index (Phi) is 59.0. The summed E-state index contributed by atoms with van der Waals surface area (Å²) in [6.45, 7) is 4.81. The zero-order valence-corrected chi connectivity index (χ0v) is 53.8. The molecule has 1 amide bonds. The summed E-state index contributed by atoms with van der Waals surface area (Å²) in [6.07, 6.45) is 84.2. The fourth-order valence-corrected chi connectivity index (χ4v) is 10.7. The van der Waals surface area contributed by atoms with Gasteiger partial charge < -0.3 is 19.8 Å². The molecule has 0 aromatic heterocycles. The van der Waals surface area contributed by atoms with E-state index >= 15 is 0 Å². The zero-order chi connectivity index (χ0) is 57.7. The fraction of sp³-hybridized carbons (Fsp3) is 0.814. The van der Waals surface area contributed by atoms with Crippen LogP contribution in [0.1, 0.15) is 316 Å². The van der Waals surface area contributed by atoms with E-state index in [-0.39, 0.29) is 19.1 Å². The third-order valence-electron chi connectivity index (χ3n) is 15.2. The minimum absolute atomic E-state index is 0.0716. The summed E-state index contributed by atoms with van der Waals surface area (Å²) in [5.41, 5.74) is 0. The highest BCUT2D eigenvalue weighted by atomic mass is 31.2. The molecular weight excluding hydrogens is 996 g/mol. The van der Waals surface area contributed by atoms with E-state index in [9.17, 15) is 19.4 Å². The van der Waals surface area contributed by atoms with Gasteiger partial charge in [-0.05, 0) is 64.2 Å². The molecule has 9 heteroatoms. The molecule has 3 unspecified atom stereocenters. The van der Waals surface area contributed by atoms with E-state index in [0.29, 0.717) is 23.9 Å². The highest BCUT2D eigenvalue weighted by molar-refractivity contribution is 7.47. The van der Waals surface area contributed by atoms with Crippen LogP contribution in [0.25, 0.3) is 0 Å². The molecular formula is C70H132N2O6P+. The van der Waals surface area contributed by atoms with Crippen LogP contribution in [-0.4, -0.2) is 73.4 Å². The predicted octanol–water partition coefficient (Wildman–Crippen LogP) is 21.4. The van der Waals surface area contributed by atoms with Crippen molar-refractivity contribution in [2.24, 2.45) is 0 Å². The molecule has 0 aliphatic heterocycles. The van der Waals surface area contributed by atoms with Crippen LogP contribution in [0.15, 0.2) is 72.9 Å². The summed E-state index contributed by atoms with van der Waals surface area (Å²) in [5, 5.41) is 14.1. The number of hydrogen-bond donors (Lipinski definition) is 3. The summed E-state index contributed by atoms with van der Waals surface area (Å²) in [5.74, 6) is -0.147. The lowest BCUT2D eigenvalue weighted by Crippen LogP contribution is -2.46. The molecule has 0 saturated carbocycles. The van der Waals surface area contributed by atoms with Gasteiger partial charge in [0.2, 0.25) is 5.91 Å². The Labute approximate surface area is 491 Å². The summed E-state index contributed by atoms with van der Waals surface area (Å²) < 4.78 is 23.9. The Hall–Kier alpha value is -2.06. The highest BCUT2D eigenvalue weighted by Gasteiger charge is 2.28. The summed E-state index contributed by atoms with van der Waals surface area (Å²) >= 11 is 0. The molecule has 0 radical (unpaired) electrons. The number of nitrogens with one attached hydrogen (secondary N) is 1. The van der Waals surface area contributed by atoms with Crippen LogP contribution >= 0.6 is 7.82 Å². The molecule has 0 spiro atoms. The zero-order valence-electron chi connectivity index (χ0n) is 52.9. The first-order chi connectivity index (χ1) is 38.5. The number of allylic oxidation sites excluding steroid dienone is 12. The van der Waals surface area contributed by atoms with Crippen molar-refractivity contribution in [3.63, 3.8) is 0 Å². The van der Waals surface area contributed by atoms with Gasteiger partial charge in [0, 0.05) is 6.42 Å². The molecule has 0 aliphatic carbocycles. The minimum Gasteiger partial charge on any atom is -0.391 e. The van der Waals surface area contributed by atoms with Gasteiger partial charge in [-0.2, -0.15) is 0 Å². The molecule has 0 rings (SSSR count). The largest absolute Gasteiger partial charge is 0.472 e. The SMILES string of the molecule is CC/C=C\C/C=C\C/C=C\C/C=C\C/C=C\C/C=C\CCCCCCCCCCCCC(=O)NC(COP(=O)(O)OCC[N+](C)(C)C)C(O)CCCCCCCCCCCCCCCCCCCCCCCCCCCCCC. The van der Waals surface area contributed by atoms with Gasteiger partial charge in [-0.25, -0.2) is 4.57 Å². The Balaban J connectivity index is 4.09. The van der Waals surface area contributed by atoms with Crippen molar-refractivity contribution in [2.75, 3.05) is 40.9 Å². The lowest BCUT2D eigenvalue weighted by Gasteiger charge is -2.26. The highest BCUT2D eigenvalue weighted by Crippen LogP contribution is 2.43. The maximum atomic E-state index is 13.1. The van der Waals surface area contributed by atoms with Gasteiger partial charge in [0.15, 0.2) is 0 Å². The van der Waals surface area contributed by atoms with Crippen LogP contribution in [-0.2, 0) is 18.4 Å². The van der Waals surface area contributed by atoms with Gasteiger partial charge >= 0.3 is 7.82 Å². The molecule has 3 atom stereocenters. The standard InChI is InChI=1S/C70H131N2O6P/c1-6-8-10-12-14-16-18-20-22-24-26-28-30-32-34-36-38-40-42-44-46-48-50-52-54-56-58-60-62-64-70(74)71-68(67-78-79(75,76)77-66-65-72(3,4)5)69(73)63-61-59-57-55-53-51-49-47-45-43-41-39-37-35-33-31-29-27-25-23-21-19-17-15-13-11-9-7-2/h8,10,14,16,20,22,26,28,32,34,38,40,68-69,73H,6-7,9,11-13,15,17-19,21,23-25,27,29-31,33,35-37,39,41-67H2,1-5H3,(H-,71,74,75,76)/p+1/b10-8-,16-14-,22-20-,28-26-,34-32-,40-38-. The molecule has 0 bridgehead atoms. The lowest BCUT2D eigenvalue weighted by atomic mass is 10.0. The third kappa shape index (κ3) is 63.4. The summed E-state index contributed by atoms with van der Waals surface area (Å²) in [4.78, 5) is 23.4. The Morgan fingerprint density at radius 3 is 1.11 bits per heavy atom. The van der Waals surface area contributed by atoms with Gasteiger partial charge in [0.25, 0.3) is 0 Å².